The Bertz CT molecular complexity index is 640. The molecule has 0 atom stereocenters. The Balaban J connectivity index is 2.25. The maximum Gasteiger partial charge on any atom is 0.419 e. The molecule has 1 N–H and O–H groups in total. The number of aryl methyl sites for hydroxylation is 1. The summed E-state index contributed by atoms with van der Waals surface area (Å²) in [5.74, 6) is -0.516. The van der Waals surface area contributed by atoms with Crippen molar-refractivity contribution in [2.75, 3.05) is 14.1 Å². The van der Waals surface area contributed by atoms with Crippen molar-refractivity contribution in [2.45, 2.75) is 6.42 Å². The summed E-state index contributed by atoms with van der Waals surface area (Å²) in [6.07, 6.45) is 0.243. The smallest absolute Gasteiger partial charge is 0.408 e. The molecule has 1 amide bonds. The minimum Gasteiger partial charge on any atom is -0.408 e. The highest BCUT2D eigenvalue weighted by Crippen LogP contribution is 2.14. The van der Waals surface area contributed by atoms with E-state index in [-0.39, 0.29) is 12.3 Å². The van der Waals surface area contributed by atoms with Gasteiger partial charge in [-0.2, -0.15) is 0 Å². The van der Waals surface area contributed by atoms with Crippen LogP contribution in [-0.4, -0.2) is 29.6 Å². The highest BCUT2D eigenvalue weighted by molar-refractivity contribution is 5.80. The monoisotopic (exact) mass is 249 g/mol. The molecule has 2 rings (SSSR count). The van der Waals surface area contributed by atoms with E-state index in [1.165, 1.54) is 4.57 Å². The number of carbonyl (C=O) groups is 1. The third-order valence-electron chi connectivity index (χ3n) is 2.57. The lowest BCUT2D eigenvalue weighted by Crippen LogP contribution is -2.37. The molecule has 0 saturated carbocycles. The first-order valence-corrected chi connectivity index (χ1v) is 5.52. The molecule has 1 heterocycles. The molecule has 1 aromatic heterocycles. The van der Waals surface area contributed by atoms with Crippen LogP contribution in [0.5, 0.6) is 0 Å². The van der Waals surface area contributed by atoms with Crippen molar-refractivity contribution in [3.63, 3.8) is 0 Å². The summed E-state index contributed by atoms with van der Waals surface area (Å²) in [4.78, 5) is 22.9. The lowest BCUT2D eigenvalue weighted by atomic mass is 10.1. The zero-order valence-corrected chi connectivity index (χ0v) is 10.6. The van der Waals surface area contributed by atoms with Gasteiger partial charge >= 0.3 is 5.76 Å². The molecule has 0 fully saturated rings. The van der Waals surface area contributed by atoms with Crippen LogP contribution in [0.2, 0.25) is 0 Å². The van der Waals surface area contributed by atoms with Crippen molar-refractivity contribution in [3.8, 4) is 0 Å². The molecule has 96 valence electrons. The fourth-order valence-electron chi connectivity index (χ4n) is 1.76. The number of fused-ring (bicyclic) bond motifs is 1. The van der Waals surface area contributed by atoms with Gasteiger partial charge in [-0.1, -0.05) is 6.07 Å². The van der Waals surface area contributed by atoms with Gasteiger partial charge in [0.2, 0.25) is 5.91 Å². The fraction of sp³-hybridized carbons (Fsp3) is 0.333. The maximum absolute atomic E-state index is 11.6. The van der Waals surface area contributed by atoms with Crippen molar-refractivity contribution in [3.05, 3.63) is 34.3 Å². The third kappa shape index (κ3) is 2.43. The van der Waals surface area contributed by atoms with Crippen molar-refractivity contribution < 1.29 is 9.21 Å². The third-order valence-corrected chi connectivity index (χ3v) is 2.57. The van der Waals surface area contributed by atoms with Gasteiger partial charge in [-0.15, -0.1) is 0 Å². The topological polar surface area (TPSA) is 67.5 Å². The standard InChI is InChI=1S/C12H15N3O3/c1-14(2)13-11(16)7-8-4-5-9-10(6-8)18-12(17)15(9)3/h4-6H,7H2,1-3H3,(H,13,16). The van der Waals surface area contributed by atoms with E-state index in [9.17, 15) is 9.59 Å². The van der Waals surface area contributed by atoms with Crippen molar-refractivity contribution in [1.29, 1.82) is 0 Å². The summed E-state index contributed by atoms with van der Waals surface area (Å²) >= 11 is 0. The second-order valence-corrected chi connectivity index (χ2v) is 4.34. The summed E-state index contributed by atoms with van der Waals surface area (Å²) in [5, 5.41) is 1.59. The number of benzene rings is 1. The van der Waals surface area contributed by atoms with Crippen LogP contribution in [0.3, 0.4) is 0 Å². The highest BCUT2D eigenvalue weighted by Gasteiger charge is 2.09. The van der Waals surface area contributed by atoms with Gasteiger partial charge in [0.05, 0.1) is 11.9 Å². The number of hydrazine groups is 1. The zero-order valence-electron chi connectivity index (χ0n) is 10.6. The number of nitrogens with zero attached hydrogens (tertiary/aromatic N) is 2. The summed E-state index contributed by atoms with van der Waals surface area (Å²) < 4.78 is 6.50. The van der Waals surface area contributed by atoms with Crippen LogP contribution in [0.25, 0.3) is 11.1 Å². The van der Waals surface area contributed by atoms with E-state index < -0.39 is 5.76 Å². The maximum atomic E-state index is 11.6. The van der Waals surface area contributed by atoms with Crippen LogP contribution < -0.4 is 11.2 Å². The molecule has 0 aliphatic heterocycles. The number of hydrogen-bond donors (Lipinski definition) is 1. The van der Waals surface area contributed by atoms with E-state index in [2.05, 4.69) is 5.43 Å². The van der Waals surface area contributed by atoms with Gasteiger partial charge in [0.25, 0.3) is 0 Å². The van der Waals surface area contributed by atoms with Crippen molar-refractivity contribution >= 4 is 17.0 Å². The summed E-state index contributed by atoms with van der Waals surface area (Å²) in [6.45, 7) is 0. The van der Waals surface area contributed by atoms with Crippen molar-refractivity contribution in [1.82, 2.24) is 15.0 Å². The number of nitrogens with one attached hydrogen (secondary N) is 1. The first-order chi connectivity index (χ1) is 8.47. The van der Waals surface area contributed by atoms with E-state index in [1.807, 2.05) is 6.07 Å². The van der Waals surface area contributed by atoms with Gasteiger partial charge < -0.3 is 4.42 Å². The minimum absolute atomic E-state index is 0.113. The predicted octanol–water partition coefficient (Wildman–Crippen LogP) is 0.267. The molecule has 0 aliphatic rings. The molecule has 0 unspecified atom stereocenters. The molecule has 1 aromatic carbocycles. The van der Waals surface area contributed by atoms with Crippen molar-refractivity contribution in [2.24, 2.45) is 7.05 Å². The van der Waals surface area contributed by atoms with Crippen LogP contribution in [0.15, 0.2) is 27.4 Å². The van der Waals surface area contributed by atoms with Gasteiger partial charge in [-0.05, 0) is 17.7 Å². The Morgan fingerprint density at radius 1 is 1.44 bits per heavy atom. The first kappa shape index (κ1) is 12.4. The van der Waals surface area contributed by atoms with Crippen LogP contribution in [0, 0.1) is 0 Å². The number of amides is 1. The van der Waals surface area contributed by atoms with Gasteiger partial charge in [0, 0.05) is 21.1 Å². The molecule has 0 radical (unpaired) electrons. The quantitative estimate of drug-likeness (QED) is 0.793. The van der Waals surface area contributed by atoms with Crippen LogP contribution in [-0.2, 0) is 18.3 Å². The first-order valence-electron chi connectivity index (χ1n) is 5.52. The lowest BCUT2D eigenvalue weighted by Gasteiger charge is -2.11. The second kappa shape index (κ2) is 4.66. The minimum atomic E-state index is -0.403. The SMILES string of the molecule is CN(C)NC(=O)Cc1ccc2c(c1)oc(=O)n2C. The number of rotatable bonds is 3. The van der Waals surface area contributed by atoms with E-state index in [1.54, 1.807) is 38.3 Å². The van der Waals surface area contributed by atoms with Crippen LogP contribution >= 0.6 is 0 Å². The molecule has 0 spiro atoms. The molecule has 6 heteroatoms. The average molecular weight is 249 g/mol. The Morgan fingerprint density at radius 3 is 2.83 bits per heavy atom. The van der Waals surface area contributed by atoms with Crippen LogP contribution in [0.1, 0.15) is 5.56 Å². The van der Waals surface area contributed by atoms with E-state index in [0.29, 0.717) is 5.58 Å². The van der Waals surface area contributed by atoms with Gasteiger partial charge in [-0.25, -0.2) is 9.80 Å². The summed E-state index contributed by atoms with van der Waals surface area (Å²) in [7, 11) is 5.14. The molecule has 0 saturated heterocycles. The Hall–Kier alpha value is -2.08. The van der Waals surface area contributed by atoms with E-state index >= 15 is 0 Å². The second-order valence-electron chi connectivity index (χ2n) is 4.34. The number of aromatic nitrogens is 1. The zero-order chi connectivity index (χ0) is 13.3. The van der Waals surface area contributed by atoms with Gasteiger partial charge in [-0.3, -0.25) is 14.8 Å². The molecular weight excluding hydrogens is 234 g/mol. The average Bonchev–Trinajstić information content (AvgIpc) is 2.53. The Labute approximate surface area is 104 Å². The molecule has 0 bridgehead atoms. The summed E-state index contributed by atoms with van der Waals surface area (Å²) in [6, 6.07) is 5.30. The molecule has 0 aliphatic carbocycles. The number of hydrogen-bond acceptors (Lipinski definition) is 4. The number of carbonyl (C=O) groups excluding carboxylic acids is 1. The van der Waals surface area contributed by atoms with E-state index in [0.717, 1.165) is 11.1 Å². The molecule has 6 nitrogen and oxygen atoms in total. The van der Waals surface area contributed by atoms with Gasteiger partial charge in [0.15, 0.2) is 5.58 Å². The number of oxazole rings is 1. The largest absolute Gasteiger partial charge is 0.419 e. The molecule has 2 aromatic rings. The lowest BCUT2D eigenvalue weighted by molar-refractivity contribution is -0.124. The van der Waals surface area contributed by atoms with E-state index in [4.69, 9.17) is 4.42 Å². The Morgan fingerprint density at radius 2 is 2.17 bits per heavy atom. The van der Waals surface area contributed by atoms with Gasteiger partial charge in [0.1, 0.15) is 0 Å². The predicted molar refractivity (Wildman–Crippen MR) is 67.0 cm³/mol. The normalized spacial score (nSPS) is 11.1. The van der Waals surface area contributed by atoms with Crippen LogP contribution in [0.4, 0.5) is 0 Å². The Kier molecular flexibility index (Phi) is 3.20. The summed E-state index contributed by atoms with van der Waals surface area (Å²) in [5.41, 5.74) is 4.67. The highest BCUT2D eigenvalue weighted by atomic mass is 16.4. The molecular formula is C12H15N3O3. The molecule has 18 heavy (non-hydrogen) atoms. The fourth-order valence-corrected chi connectivity index (χ4v) is 1.76.